The molecule has 0 unspecified atom stereocenters. The van der Waals surface area contributed by atoms with Gasteiger partial charge in [0.15, 0.2) is 0 Å². The maximum absolute atomic E-state index is 13.8. The Labute approximate surface area is 185 Å². The number of nitrogen functional groups attached to an aromatic ring is 1. The number of fused-ring (bicyclic) bond motifs is 1. The van der Waals surface area contributed by atoms with Crippen molar-refractivity contribution in [2.24, 2.45) is 7.05 Å². The second-order valence-corrected chi connectivity index (χ2v) is 12.9. The summed E-state index contributed by atoms with van der Waals surface area (Å²) >= 11 is 3.04. The number of thiazole rings is 1. The first kappa shape index (κ1) is 21.1. The summed E-state index contributed by atoms with van der Waals surface area (Å²) in [5.74, 6) is 2.22. The van der Waals surface area contributed by atoms with E-state index in [2.05, 4.69) is 16.9 Å². The lowest BCUT2D eigenvalue weighted by Gasteiger charge is -2.21. The van der Waals surface area contributed by atoms with Crippen LogP contribution < -0.4 is 5.73 Å². The maximum Gasteiger partial charge on any atom is 0.141 e. The van der Waals surface area contributed by atoms with Crippen LogP contribution in [0.2, 0.25) is 0 Å². The molecule has 30 heavy (non-hydrogen) atoms. The Hall–Kier alpha value is -2.10. The number of aromatic nitrogens is 4. The average molecular weight is 462 g/mol. The van der Waals surface area contributed by atoms with Crippen LogP contribution in [0.15, 0.2) is 28.0 Å². The summed E-state index contributed by atoms with van der Waals surface area (Å²) in [6, 6.07) is 2.04. The number of nitrogens with two attached hydrogens (primary N) is 1. The monoisotopic (exact) mass is 461 g/mol. The normalized spacial score (nSPS) is 12.7. The number of anilines is 1. The Morgan fingerprint density at radius 2 is 2.07 bits per heavy atom. The van der Waals surface area contributed by atoms with Gasteiger partial charge in [-0.2, -0.15) is 0 Å². The molecule has 2 N–H and O–H groups in total. The molecule has 0 bridgehead atoms. The van der Waals surface area contributed by atoms with Crippen molar-refractivity contribution in [3.63, 3.8) is 0 Å². The van der Waals surface area contributed by atoms with E-state index in [1.54, 1.807) is 17.5 Å². The molecule has 0 aliphatic rings. The van der Waals surface area contributed by atoms with Gasteiger partial charge in [-0.25, -0.2) is 15.0 Å². The molecule has 0 atom stereocenters. The van der Waals surface area contributed by atoms with Crippen LogP contribution >= 0.6 is 22.7 Å². The van der Waals surface area contributed by atoms with Gasteiger partial charge in [0, 0.05) is 41.1 Å². The van der Waals surface area contributed by atoms with Crippen molar-refractivity contribution in [1.29, 1.82) is 0 Å². The van der Waals surface area contributed by atoms with Crippen LogP contribution in [-0.4, -0.2) is 35.2 Å². The summed E-state index contributed by atoms with van der Waals surface area (Å²) in [5, 5.41) is 3.68. The number of pyridine rings is 1. The molecule has 0 fully saturated rings. The van der Waals surface area contributed by atoms with Gasteiger partial charge in [0.1, 0.15) is 21.4 Å². The van der Waals surface area contributed by atoms with Crippen LogP contribution in [0.25, 0.3) is 32.2 Å². The Kier molecular flexibility index (Phi) is 5.78. The number of hydrogen-bond donors (Lipinski definition) is 2. The molecular weight excluding hydrogens is 434 g/mol. The summed E-state index contributed by atoms with van der Waals surface area (Å²) in [5.41, 5.74) is 10.0. The number of nitrogens with zero attached hydrogens (tertiary/aromatic N) is 4. The van der Waals surface area contributed by atoms with E-state index in [1.807, 2.05) is 43.1 Å². The molecule has 0 aliphatic heterocycles. The van der Waals surface area contributed by atoms with Crippen molar-refractivity contribution >= 4 is 48.5 Å². The van der Waals surface area contributed by atoms with Gasteiger partial charge in [-0.1, -0.05) is 30.2 Å². The minimum Gasteiger partial charge on any atom is -0.397 e. The third-order valence-electron chi connectivity index (χ3n) is 5.58. The zero-order chi connectivity index (χ0) is 21.5. The molecule has 0 aliphatic carbocycles. The third kappa shape index (κ3) is 3.48. The van der Waals surface area contributed by atoms with Gasteiger partial charge < -0.3 is 10.3 Å². The largest absolute Gasteiger partial charge is 0.397 e. The van der Waals surface area contributed by atoms with Gasteiger partial charge in [-0.3, -0.25) is 4.21 Å². The molecule has 4 aromatic rings. The van der Waals surface area contributed by atoms with E-state index in [4.69, 9.17) is 10.7 Å². The minimum atomic E-state index is -2.55. The van der Waals surface area contributed by atoms with Gasteiger partial charge in [0.25, 0.3) is 0 Å². The number of rotatable bonds is 7. The highest BCUT2D eigenvalue weighted by Gasteiger charge is 2.26. The molecule has 0 saturated carbocycles. The summed E-state index contributed by atoms with van der Waals surface area (Å²) in [7, 11) is -0.560. The average Bonchev–Trinajstić information content (AvgIpc) is 3.47. The molecular formula is C21H27N5OS3. The molecule has 4 rings (SSSR count). The van der Waals surface area contributed by atoms with E-state index in [0.717, 1.165) is 55.1 Å². The number of aryl methyl sites for hydroxylation is 1. The van der Waals surface area contributed by atoms with E-state index in [9.17, 15) is 4.21 Å². The maximum atomic E-state index is 13.8. The minimum absolute atomic E-state index is 0.614. The quantitative estimate of drug-likeness (QED) is 0.382. The van der Waals surface area contributed by atoms with E-state index < -0.39 is 9.93 Å². The lowest BCUT2D eigenvalue weighted by molar-refractivity contribution is 0.668. The van der Waals surface area contributed by atoms with E-state index >= 15 is 0 Å². The summed E-state index contributed by atoms with van der Waals surface area (Å²) in [6.45, 7) is 6.10. The number of imidazole rings is 1. The standard InChI is InChI=1S/C21H27N5OS3/c1-5-7-10-30(27,6-2)21-18(22)17-14(16-12-24-13(3)26(16)4)11-15(25-20(17)29-21)19-23-8-9-28-19/h8-9,11-12,30H,5-7,10,22H2,1-4H3. The Balaban J connectivity index is 2.02. The van der Waals surface area contributed by atoms with E-state index in [-0.39, 0.29) is 0 Å². The summed E-state index contributed by atoms with van der Waals surface area (Å²) in [4.78, 5) is 14.6. The predicted molar refractivity (Wildman–Crippen MR) is 130 cm³/mol. The first-order chi connectivity index (χ1) is 14.4. The lowest BCUT2D eigenvalue weighted by Crippen LogP contribution is -2.19. The molecule has 4 heterocycles. The molecule has 0 radical (unpaired) electrons. The van der Waals surface area contributed by atoms with Crippen LogP contribution in [0.4, 0.5) is 5.69 Å². The second-order valence-electron chi connectivity index (χ2n) is 7.43. The molecule has 6 nitrogen and oxygen atoms in total. The molecule has 0 amide bonds. The fourth-order valence-corrected chi connectivity index (χ4v) is 8.87. The lowest BCUT2D eigenvalue weighted by atomic mass is 10.1. The first-order valence-corrected chi connectivity index (χ1v) is 13.9. The van der Waals surface area contributed by atoms with Gasteiger partial charge in [0.2, 0.25) is 0 Å². The fraction of sp³-hybridized carbons (Fsp3) is 0.381. The van der Waals surface area contributed by atoms with Gasteiger partial charge in [-0.15, -0.1) is 22.7 Å². The molecule has 0 spiro atoms. The number of unbranched alkanes of at least 4 members (excludes halogenated alkanes) is 1. The van der Waals surface area contributed by atoms with Crippen molar-refractivity contribution in [2.75, 3.05) is 17.2 Å². The summed E-state index contributed by atoms with van der Waals surface area (Å²) in [6.07, 6.45) is 5.60. The highest BCUT2D eigenvalue weighted by molar-refractivity contribution is 8.04. The SMILES string of the molecule is CCCC[SH](=O)(CC)c1sc2nc(-c3nccs3)cc(-c3cnc(C)n3C)c2c1N. The van der Waals surface area contributed by atoms with Crippen molar-refractivity contribution < 1.29 is 4.21 Å². The van der Waals surface area contributed by atoms with Gasteiger partial charge in [0.05, 0.1) is 21.8 Å². The molecule has 0 saturated heterocycles. The van der Waals surface area contributed by atoms with Crippen molar-refractivity contribution in [2.45, 2.75) is 37.8 Å². The van der Waals surface area contributed by atoms with Gasteiger partial charge in [-0.05, 0) is 19.4 Å². The smallest absolute Gasteiger partial charge is 0.141 e. The topological polar surface area (TPSA) is 86.7 Å². The Morgan fingerprint density at radius 1 is 1.27 bits per heavy atom. The fourth-order valence-electron chi connectivity index (χ4n) is 3.64. The van der Waals surface area contributed by atoms with E-state index in [1.165, 1.54) is 11.3 Å². The van der Waals surface area contributed by atoms with Crippen molar-refractivity contribution in [3.8, 4) is 22.0 Å². The number of thiol groups is 1. The zero-order valence-corrected chi connectivity index (χ0v) is 20.2. The second kappa shape index (κ2) is 8.20. The number of hydrogen-bond acceptors (Lipinski definition) is 7. The number of thiophene rings is 1. The Bertz CT molecular complexity index is 1240. The molecule has 9 heteroatoms. The van der Waals surface area contributed by atoms with Gasteiger partial charge >= 0.3 is 0 Å². The summed E-state index contributed by atoms with van der Waals surface area (Å²) < 4.78 is 16.7. The zero-order valence-electron chi connectivity index (χ0n) is 17.7. The van der Waals surface area contributed by atoms with E-state index in [0.29, 0.717) is 17.2 Å². The first-order valence-electron chi connectivity index (χ1n) is 10.1. The predicted octanol–water partition coefficient (Wildman–Crippen LogP) is 4.91. The molecule has 0 aromatic carbocycles. The van der Waals surface area contributed by atoms with Crippen LogP contribution in [0, 0.1) is 6.92 Å². The van der Waals surface area contributed by atoms with Crippen LogP contribution in [-0.2, 0) is 17.0 Å². The Morgan fingerprint density at radius 3 is 2.67 bits per heavy atom. The molecule has 160 valence electrons. The van der Waals surface area contributed by atoms with Crippen LogP contribution in [0.5, 0.6) is 0 Å². The third-order valence-corrected chi connectivity index (χ3v) is 11.6. The van der Waals surface area contributed by atoms with Crippen LogP contribution in [0.3, 0.4) is 0 Å². The molecule has 4 aromatic heterocycles. The van der Waals surface area contributed by atoms with Crippen molar-refractivity contribution in [1.82, 2.24) is 19.5 Å². The van der Waals surface area contributed by atoms with Crippen LogP contribution in [0.1, 0.15) is 32.5 Å². The highest BCUT2D eigenvalue weighted by atomic mass is 32.3. The highest BCUT2D eigenvalue weighted by Crippen LogP contribution is 2.45. The van der Waals surface area contributed by atoms with Crippen molar-refractivity contribution in [3.05, 3.63) is 29.7 Å².